The first-order chi connectivity index (χ1) is 10.5. The summed E-state index contributed by atoms with van der Waals surface area (Å²) < 4.78 is 4.99. The standard InChI is InChI=1S/C16H20N2O4/c1-4-17(10-11-22-16(19)13(2)3)15(18(20)21)12-14-8-6-5-7-9-14/h5-9,12H,2,4,10-11H2,1,3H3. The Morgan fingerprint density at radius 2 is 2.05 bits per heavy atom. The number of esters is 1. The van der Waals surface area contributed by atoms with Crippen LogP contribution in [0.2, 0.25) is 0 Å². The number of ether oxygens (including phenoxy) is 1. The fraction of sp³-hybridized carbons (Fsp3) is 0.312. The molecule has 1 aromatic rings. The first-order valence-electron chi connectivity index (χ1n) is 6.94. The van der Waals surface area contributed by atoms with Crippen molar-refractivity contribution >= 4 is 12.0 Å². The van der Waals surface area contributed by atoms with Crippen LogP contribution >= 0.6 is 0 Å². The second-order valence-electron chi connectivity index (χ2n) is 4.67. The third-order valence-corrected chi connectivity index (χ3v) is 2.93. The molecule has 0 spiro atoms. The molecule has 0 aliphatic carbocycles. The SMILES string of the molecule is C=C(C)C(=O)OCCN(CC)C(=Cc1ccccc1)[N+](=O)[O-]. The number of hydrogen-bond acceptors (Lipinski definition) is 5. The van der Waals surface area contributed by atoms with Gasteiger partial charge in [0.15, 0.2) is 0 Å². The summed E-state index contributed by atoms with van der Waals surface area (Å²) in [5.41, 5.74) is 1.05. The van der Waals surface area contributed by atoms with Crippen LogP contribution in [0.25, 0.3) is 6.08 Å². The van der Waals surface area contributed by atoms with Gasteiger partial charge in [-0.1, -0.05) is 36.9 Å². The van der Waals surface area contributed by atoms with Gasteiger partial charge in [0.2, 0.25) is 0 Å². The minimum Gasteiger partial charge on any atom is -0.458 e. The Hall–Kier alpha value is -2.63. The van der Waals surface area contributed by atoms with Gasteiger partial charge in [-0.3, -0.25) is 4.90 Å². The maximum atomic E-state index is 11.3. The lowest BCUT2D eigenvalue weighted by atomic mass is 10.2. The van der Waals surface area contributed by atoms with Crippen LogP contribution in [0.1, 0.15) is 19.4 Å². The second-order valence-corrected chi connectivity index (χ2v) is 4.67. The lowest BCUT2D eigenvalue weighted by Crippen LogP contribution is -2.31. The fourth-order valence-corrected chi connectivity index (χ4v) is 1.76. The van der Waals surface area contributed by atoms with E-state index in [1.54, 1.807) is 24.0 Å². The molecular formula is C16H20N2O4. The summed E-state index contributed by atoms with van der Waals surface area (Å²) in [4.78, 5) is 23.7. The topological polar surface area (TPSA) is 72.7 Å². The van der Waals surface area contributed by atoms with Crippen molar-refractivity contribution in [1.29, 1.82) is 0 Å². The number of likely N-dealkylation sites (N-methyl/N-ethyl adjacent to an activating group) is 1. The Labute approximate surface area is 129 Å². The molecule has 1 rings (SSSR count). The summed E-state index contributed by atoms with van der Waals surface area (Å²) in [5.74, 6) is -0.522. The molecular weight excluding hydrogens is 284 g/mol. The van der Waals surface area contributed by atoms with E-state index in [2.05, 4.69) is 6.58 Å². The summed E-state index contributed by atoms with van der Waals surface area (Å²) in [6, 6.07) is 9.05. The molecule has 0 N–H and O–H groups in total. The van der Waals surface area contributed by atoms with Crippen LogP contribution in [0.4, 0.5) is 0 Å². The van der Waals surface area contributed by atoms with Gasteiger partial charge >= 0.3 is 11.8 Å². The highest BCUT2D eigenvalue weighted by molar-refractivity contribution is 5.86. The monoisotopic (exact) mass is 304 g/mol. The van der Waals surface area contributed by atoms with Crippen LogP contribution in [0.5, 0.6) is 0 Å². The zero-order chi connectivity index (χ0) is 16.5. The minimum atomic E-state index is -0.495. The van der Waals surface area contributed by atoms with E-state index in [0.717, 1.165) is 5.56 Å². The van der Waals surface area contributed by atoms with Crippen molar-refractivity contribution in [2.45, 2.75) is 13.8 Å². The maximum absolute atomic E-state index is 11.3. The van der Waals surface area contributed by atoms with Gasteiger partial charge in [0.1, 0.15) is 13.2 Å². The molecule has 6 heteroatoms. The summed E-state index contributed by atoms with van der Waals surface area (Å²) in [6.07, 6.45) is 1.50. The van der Waals surface area contributed by atoms with Crippen molar-refractivity contribution in [3.05, 3.63) is 64.0 Å². The van der Waals surface area contributed by atoms with Gasteiger partial charge in [-0.25, -0.2) is 4.79 Å². The Morgan fingerprint density at radius 3 is 2.55 bits per heavy atom. The number of nitro groups is 1. The van der Waals surface area contributed by atoms with Gasteiger partial charge in [-0.2, -0.15) is 0 Å². The Balaban J connectivity index is 2.79. The first kappa shape index (κ1) is 17.4. The minimum absolute atomic E-state index is 0.0277. The quantitative estimate of drug-likeness (QED) is 0.319. The largest absolute Gasteiger partial charge is 0.458 e. The van der Waals surface area contributed by atoms with Crippen LogP contribution in [0, 0.1) is 10.1 Å². The van der Waals surface area contributed by atoms with Gasteiger partial charge < -0.3 is 14.9 Å². The van der Waals surface area contributed by atoms with Crippen molar-refractivity contribution in [2.24, 2.45) is 0 Å². The zero-order valence-corrected chi connectivity index (χ0v) is 12.8. The van der Waals surface area contributed by atoms with E-state index < -0.39 is 10.9 Å². The average Bonchev–Trinajstić information content (AvgIpc) is 2.50. The molecule has 0 bridgehead atoms. The van der Waals surface area contributed by atoms with Gasteiger partial charge in [-0.15, -0.1) is 0 Å². The third kappa shape index (κ3) is 5.40. The normalized spacial score (nSPS) is 10.9. The van der Waals surface area contributed by atoms with Crippen LogP contribution in [-0.4, -0.2) is 35.5 Å². The molecule has 0 heterocycles. The molecule has 118 valence electrons. The van der Waals surface area contributed by atoms with Crippen molar-refractivity contribution in [3.63, 3.8) is 0 Å². The van der Waals surface area contributed by atoms with E-state index in [4.69, 9.17) is 4.74 Å². The molecule has 0 unspecified atom stereocenters. The van der Waals surface area contributed by atoms with Crippen LogP contribution in [0.15, 0.2) is 48.3 Å². The summed E-state index contributed by atoms with van der Waals surface area (Å²) in [7, 11) is 0. The van der Waals surface area contributed by atoms with E-state index in [1.165, 1.54) is 6.08 Å². The van der Waals surface area contributed by atoms with Crippen LogP contribution in [0.3, 0.4) is 0 Å². The van der Waals surface area contributed by atoms with Gasteiger partial charge in [-0.05, 0) is 24.3 Å². The molecule has 0 aliphatic rings. The molecule has 1 aromatic carbocycles. The first-order valence-corrected chi connectivity index (χ1v) is 6.94. The van der Waals surface area contributed by atoms with E-state index in [0.29, 0.717) is 12.1 Å². The predicted molar refractivity (Wildman–Crippen MR) is 84.4 cm³/mol. The molecule has 6 nitrogen and oxygen atoms in total. The number of nitrogens with zero attached hydrogens (tertiary/aromatic N) is 2. The van der Waals surface area contributed by atoms with Gasteiger partial charge in [0, 0.05) is 11.6 Å². The molecule has 0 atom stereocenters. The predicted octanol–water partition coefficient (Wildman–Crippen LogP) is 2.70. The van der Waals surface area contributed by atoms with E-state index in [1.807, 2.05) is 25.1 Å². The molecule has 22 heavy (non-hydrogen) atoms. The molecule has 0 fully saturated rings. The smallest absolute Gasteiger partial charge is 0.333 e. The van der Waals surface area contributed by atoms with E-state index in [-0.39, 0.29) is 19.0 Å². The van der Waals surface area contributed by atoms with Crippen molar-refractivity contribution in [3.8, 4) is 0 Å². The highest BCUT2D eigenvalue weighted by atomic mass is 16.6. The molecule has 0 saturated heterocycles. The number of hydrogen-bond donors (Lipinski definition) is 0. The van der Waals surface area contributed by atoms with Crippen molar-refractivity contribution in [2.75, 3.05) is 19.7 Å². The number of rotatable bonds is 8. The number of benzene rings is 1. The maximum Gasteiger partial charge on any atom is 0.333 e. The molecule has 0 radical (unpaired) electrons. The van der Waals surface area contributed by atoms with E-state index in [9.17, 15) is 14.9 Å². The van der Waals surface area contributed by atoms with Crippen LogP contribution < -0.4 is 0 Å². The van der Waals surface area contributed by atoms with Crippen molar-refractivity contribution < 1.29 is 14.5 Å². The number of carbonyl (C=O) groups excluding carboxylic acids is 1. The summed E-state index contributed by atoms with van der Waals surface area (Å²) >= 11 is 0. The lowest BCUT2D eigenvalue weighted by molar-refractivity contribution is -0.444. The lowest BCUT2D eigenvalue weighted by Gasteiger charge is -2.17. The van der Waals surface area contributed by atoms with E-state index >= 15 is 0 Å². The molecule has 0 saturated carbocycles. The Kier molecular flexibility index (Phi) is 6.82. The van der Waals surface area contributed by atoms with Crippen LogP contribution in [-0.2, 0) is 9.53 Å². The third-order valence-electron chi connectivity index (χ3n) is 2.93. The van der Waals surface area contributed by atoms with Crippen molar-refractivity contribution in [1.82, 2.24) is 4.90 Å². The molecule has 0 aliphatic heterocycles. The highest BCUT2D eigenvalue weighted by Crippen LogP contribution is 2.11. The Bertz CT molecular complexity index is 567. The fourth-order valence-electron chi connectivity index (χ4n) is 1.76. The number of carbonyl (C=O) groups is 1. The van der Waals surface area contributed by atoms with Gasteiger partial charge in [0.05, 0.1) is 6.54 Å². The summed E-state index contributed by atoms with van der Waals surface area (Å²) in [5, 5.41) is 11.3. The Morgan fingerprint density at radius 1 is 1.41 bits per heavy atom. The van der Waals surface area contributed by atoms with Gasteiger partial charge in [0.25, 0.3) is 0 Å². The second kappa shape index (κ2) is 8.61. The highest BCUT2D eigenvalue weighted by Gasteiger charge is 2.19. The molecule has 0 aromatic heterocycles. The summed E-state index contributed by atoms with van der Waals surface area (Å²) in [6.45, 7) is 7.60. The zero-order valence-electron chi connectivity index (χ0n) is 12.8. The average molecular weight is 304 g/mol. The molecule has 0 amide bonds.